The lowest BCUT2D eigenvalue weighted by atomic mass is 10.1. The van der Waals surface area contributed by atoms with Gasteiger partial charge in [-0.05, 0) is 23.8 Å². The Labute approximate surface area is 249 Å². The molecule has 0 bridgehead atoms. The lowest BCUT2D eigenvalue weighted by Gasteiger charge is -2.37. The zero-order chi connectivity index (χ0) is 29.2. The van der Waals surface area contributed by atoms with Gasteiger partial charge in [-0.1, -0.05) is 41.9 Å². The number of nitrogens with one attached hydrogen (secondary N) is 1. The van der Waals surface area contributed by atoms with Crippen LogP contribution in [0.5, 0.6) is 0 Å². The van der Waals surface area contributed by atoms with Gasteiger partial charge in [0, 0.05) is 64.7 Å². The van der Waals surface area contributed by atoms with Crippen molar-refractivity contribution in [2.45, 2.75) is 32.5 Å². The van der Waals surface area contributed by atoms with Crippen molar-refractivity contribution < 1.29 is 18.7 Å². The number of benzene rings is 2. The van der Waals surface area contributed by atoms with E-state index in [2.05, 4.69) is 44.4 Å². The summed E-state index contributed by atoms with van der Waals surface area (Å²) in [5.74, 6) is 0.00596. The van der Waals surface area contributed by atoms with E-state index in [-0.39, 0.29) is 19.0 Å². The van der Waals surface area contributed by atoms with Crippen molar-refractivity contribution >= 4 is 40.9 Å². The van der Waals surface area contributed by atoms with Crippen LogP contribution in [0.15, 0.2) is 48.5 Å². The van der Waals surface area contributed by atoms with Crippen LogP contribution in [0.25, 0.3) is 0 Å². The SMILES string of the molecule is CC(=O)NC[C@H]1CN(c2ccc(N3CCN(c4nc(Cl)c5c(n4)CCN(Cc4ccccc4)C5)CC3)c(F)c2)C(=O)O1. The Bertz CT molecular complexity index is 1470. The molecule has 2 aromatic carbocycles. The molecule has 1 atom stereocenters. The molecule has 220 valence electrons. The maximum atomic E-state index is 15.3. The highest BCUT2D eigenvalue weighted by molar-refractivity contribution is 6.30. The third-order valence-electron chi connectivity index (χ3n) is 7.92. The number of piperazine rings is 1. The van der Waals surface area contributed by atoms with E-state index in [9.17, 15) is 9.59 Å². The Hall–Kier alpha value is -3.96. The summed E-state index contributed by atoms with van der Waals surface area (Å²) >= 11 is 6.68. The monoisotopic (exact) mass is 593 g/mol. The first-order chi connectivity index (χ1) is 20.3. The number of rotatable bonds is 7. The summed E-state index contributed by atoms with van der Waals surface area (Å²) in [6, 6.07) is 15.2. The zero-order valence-corrected chi connectivity index (χ0v) is 24.2. The van der Waals surface area contributed by atoms with Gasteiger partial charge in [0.15, 0.2) is 0 Å². The number of halogens is 2. The number of cyclic esters (lactones) is 1. The maximum Gasteiger partial charge on any atom is 0.414 e. The van der Waals surface area contributed by atoms with Gasteiger partial charge < -0.3 is 19.9 Å². The third kappa shape index (κ3) is 6.12. The predicted octanol–water partition coefficient (Wildman–Crippen LogP) is 3.62. The molecular weight excluding hydrogens is 561 g/mol. The summed E-state index contributed by atoms with van der Waals surface area (Å²) in [6.07, 6.45) is -0.225. The van der Waals surface area contributed by atoms with E-state index in [0.29, 0.717) is 48.7 Å². The molecule has 0 spiro atoms. The Morgan fingerprint density at radius 3 is 2.57 bits per heavy atom. The quantitative estimate of drug-likeness (QED) is 0.415. The van der Waals surface area contributed by atoms with Gasteiger partial charge in [0.2, 0.25) is 11.9 Å². The molecule has 0 aliphatic carbocycles. The van der Waals surface area contributed by atoms with Crippen LogP contribution < -0.4 is 20.0 Å². The van der Waals surface area contributed by atoms with Crippen LogP contribution in [0.4, 0.5) is 26.5 Å². The first-order valence-electron chi connectivity index (χ1n) is 14.2. The lowest BCUT2D eigenvalue weighted by molar-refractivity contribution is -0.119. The number of hydrogen-bond donors (Lipinski definition) is 1. The zero-order valence-electron chi connectivity index (χ0n) is 23.4. The number of amides is 2. The number of ether oxygens (including phenoxy) is 1. The molecule has 42 heavy (non-hydrogen) atoms. The van der Waals surface area contributed by atoms with Crippen LogP contribution in [0.1, 0.15) is 23.7 Å². The molecule has 6 rings (SSSR count). The highest BCUT2D eigenvalue weighted by atomic mass is 35.5. The molecule has 2 amide bonds. The van der Waals surface area contributed by atoms with Gasteiger partial charge in [-0.25, -0.2) is 19.2 Å². The fraction of sp³-hybridized carbons (Fsp3) is 0.400. The molecule has 10 nitrogen and oxygen atoms in total. The number of nitrogens with zero attached hydrogens (tertiary/aromatic N) is 6. The fourth-order valence-electron chi connectivity index (χ4n) is 5.70. The van der Waals surface area contributed by atoms with E-state index < -0.39 is 18.0 Å². The van der Waals surface area contributed by atoms with Gasteiger partial charge in [0.25, 0.3) is 0 Å². The van der Waals surface area contributed by atoms with E-state index in [1.807, 2.05) is 11.0 Å². The average molecular weight is 594 g/mol. The van der Waals surface area contributed by atoms with E-state index in [4.69, 9.17) is 21.3 Å². The van der Waals surface area contributed by atoms with Crippen LogP contribution in [-0.4, -0.2) is 78.8 Å². The molecule has 0 unspecified atom stereocenters. The van der Waals surface area contributed by atoms with Crippen molar-refractivity contribution in [2.75, 3.05) is 60.5 Å². The first-order valence-corrected chi connectivity index (χ1v) is 14.6. The van der Waals surface area contributed by atoms with E-state index in [1.165, 1.54) is 23.5 Å². The lowest BCUT2D eigenvalue weighted by Crippen LogP contribution is -2.47. The van der Waals surface area contributed by atoms with Gasteiger partial charge >= 0.3 is 6.09 Å². The van der Waals surface area contributed by atoms with Crippen molar-refractivity contribution in [2.24, 2.45) is 0 Å². The van der Waals surface area contributed by atoms with Crippen LogP contribution in [-0.2, 0) is 29.0 Å². The summed E-state index contributed by atoms with van der Waals surface area (Å²) in [5.41, 5.74) is 4.16. The summed E-state index contributed by atoms with van der Waals surface area (Å²) in [6.45, 7) is 6.77. The molecule has 12 heteroatoms. The highest BCUT2D eigenvalue weighted by Crippen LogP contribution is 2.30. The van der Waals surface area contributed by atoms with Crippen LogP contribution in [0.2, 0.25) is 5.15 Å². The maximum absolute atomic E-state index is 15.3. The molecule has 2 fully saturated rings. The minimum atomic E-state index is -0.557. The molecule has 1 aromatic heterocycles. The van der Waals surface area contributed by atoms with Crippen molar-refractivity contribution in [3.05, 3.63) is 76.3 Å². The van der Waals surface area contributed by atoms with Crippen LogP contribution in [0.3, 0.4) is 0 Å². The van der Waals surface area contributed by atoms with Crippen molar-refractivity contribution in [3.63, 3.8) is 0 Å². The van der Waals surface area contributed by atoms with E-state index >= 15 is 4.39 Å². The second kappa shape index (κ2) is 12.1. The molecule has 3 aliphatic rings. The average Bonchev–Trinajstić information content (AvgIpc) is 3.37. The Morgan fingerprint density at radius 1 is 1.07 bits per heavy atom. The Kier molecular flexibility index (Phi) is 8.12. The third-order valence-corrected chi connectivity index (χ3v) is 8.24. The molecule has 2 saturated heterocycles. The van der Waals surface area contributed by atoms with Crippen molar-refractivity contribution in [1.29, 1.82) is 0 Å². The molecular formula is C30H33ClFN7O3. The highest BCUT2D eigenvalue weighted by Gasteiger charge is 2.33. The Morgan fingerprint density at radius 2 is 1.83 bits per heavy atom. The van der Waals surface area contributed by atoms with E-state index in [0.717, 1.165) is 37.3 Å². The van der Waals surface area contributed by atoms with Gasteiger partial charge in [-0.15, -0.1) is 0 Å². The molecule has 1 N–H and O–H groups in total. The fourth-order valence-corrected chi connectivity index (χ4v) is 5.94. The molecule has 0 radical (unpaired) electrons. The van der Waals surface area contributed by atoms with Gasteiger partial charge in [0.1, 0.15) is 17.1 Å². The first kappa shape index (κ1) is 28.2. The summed E-state index contributed by atoms with van der Waals surface area (Å²) in [7, 11) is 0. The molecule has 0 saturated carbocycles. The second-order valence-corrected chi connectivity index (χ2v) is 11.2. The molecule has 3 aliphatic heterocycles. The normalized spacial score (nSPS) is 19.1. The van der Waals surface area contributed by atoms with Crippen molar-refractivity contribution in [3.8, 4) is 0 Å². The number of carbonyl (C=O) groups excluding carboxylic acids is 2. The summed E-state index contributed by atoms with van der Waals surface area (Å²) in [4.78, 5) is 40.9. The standard InChI is InChI=1S/C30H33ClFN7O3/c1-20(40)33-16-23-18-39(30(41)42-23)22-7-8-27(25(32)15-22)37-11-13-38(14-12-37)29-34-26-9-10-36(19-24(26)28(31)35-29)17-21-5-3-2-4-6-21/h2-8,15,23H,9-14,16-19H2,1H3,(H,33,40)/t23-/m0/s1. The number of aromatic nitrogens is 2. The van der Waals surface area contributed by atoms with Crippen molar-refractivity contribution in [1.82, 2.24) is 20.2 Å². The van der Waals surface area contributed by atoms with E-state index in [1.54, 1.807) is 12.1 Å². The largest absolute Gasteiger partial charge is 0.442 e. The summed E-state index contributed by atoms with van der Waals surface area (Å²) < 4.78 is 20.6. The second-order valence-electron chi connectivity index (χ2n) is 10.8. The molecule has 3 aromatic rings. The van der Waals surface area contributed by atoms with Crippen LogP contribution in [0, 0.1) is 5.82 Å². The predicted molar refractivity (Wildman–Crippen MR) is 158 cm³/mol. The van der Waals surface area contributed by atoms with Gasteiger partial charge in [-0.2, -0.15) is 0 Å². The van der Waals surface area contributed by atoms with Crippen LogP contribution >= 0.6 is 11.6 Å². The smallest absolute Gasteiger partial charge is 0.414 e. The van der Waals surface area contributed by atoms with Gasteiger partial charge in [-0.3, -0.25) is 14.6 Å². The van der Waals surface area contributed by atoms with Gasteiger partial charge in [0.05, 0.1) is 30.2 Å². The molecule has 4 heterocycles. The Balaban J connectivity index is 1.06. The summed E-state index contributed by atoms with van der Waals surface area (Å²) in [5, 5.41) is 3.14. The minimum absolute atomic E-state index is 0.202. The number of anilines is 3. The topological polar surface area (TPSA) is 94.1 Å². The minimum Gasteiger partial charge on any atom is -0.442 e. The number of carbonyl (C=O) groups is 2. The number of hydrogen-bond acceptors (Lipinski definition) is 8. The number of fused-ring (bicyclic) bond motifs is 1.